The van der Waals surface area contributed by atoms with Gasteiger partial charge >= 0.3 is 0 Å². The molecule has 0 heterocycles. The number of nitrogens with one attached hydrogen (secondary N) is 2. The highest BCUT2D eigenvalue weighted by atomic mass is 32.2. The first-order valence-corrected chi connectivity index (χ1v) is 10.2. The first-order valence-electron chi connectivity index (χ1n) is 7.73. The molecule has 0 saturated carbocycles. The van der Waals surface area contributed by atoms with Crippen LogP contribution in [0.25, 0.3) is 0 Å². The average Bonchev–Trinajstić information content (AvgIpc) is 2.53. The maximum absolute atomic E-state index is 11.4. The lowest BCUT2D eigenvalue weighted by molar-refractivity contribution is 0.601. The summed E-state index contributed by atoms with van der Waals surface area (Å²) in [6, 6.07) is 17.7. The second-order valence-corrected chi connectivity index (χ2v) is 8.28. The number of rotatable bonds is 7. The third kappa shape index (κ3) is 7.10. The summed E-state index contributed by atoms with van der Waals surface area (Å²) >= 11 is 5.27. The summed E-state index contributed by atoms with van der Waals surface area (Å²) in [4.78, 5) is 0. The first-order chi connectivity index (χ1) is 11.4. The summed E-state index contributed by atoms with van der Waals surface area (Å²) in [5.74, 6) is 0.0562. The van der Waals surface area contributed by atoms with E-state index >= 15 is 0 Å². The fraction of sp³-hybridized carbons (Fsp3) is 0.278. The Labute approximate surface area is 149 Å². The van der Waals surface area contributed by atoms with Crippen LogP contribution in [0.2, 0.25) is 0 Å². The van der Waals surface area contributed by atoms with Crippen LogP contribution in [0.15, 0.2) is 54.6 Å². The molecule has 0 amide bonds. The van der Waals surface area contributed by atoms with Crippen molar-refractivity contribution in [2.45, 2.75) is 18.7 Å². The standard InChI is InChI=1S/C18H22N2O2S2/c1-24(21,22)14-17-9-5-8-16(12-17)13-20-18(23)19-11-10-15-6-3-2-4-7-15/h2-9,12H,10-11,13-14H2,1H3,(H2,19,20,23). The molecule has 2 rings (SSSR count). The van der Waals surface area contributed by atoms with Crippen molar-refractivity contribution in [1.29, 1.82) is 0 Å². The zero-order valence-electron chi connectivity index (χ0n) is 13.7. The molecule has 6 heteroatoms. The van der Waals surface area contributed by atoms with E-state index in [9.17, 15) is 8.42 Å². The van der Waals surface area contributed by atoms with Gasteiger partial charge in [0, 0.05) is 19.3 Å². The molecule has 128 valence electrons. The molecule has 0 atom stereocenters. The number of hydrogen-bond acceptors (Lipinski definition) is 3. The molecular formula is C18H22N2O2S2. The summed E-state index contributed by atoms with van der Waals surface area (Å²) in [6.45, 7) is 1.33. The molecule has 2 aromatic rings. The van der Waals surface area contributed by atoms with Crippen LogP contribution < -0.4 is 10.6 Å². The van der Waals surface area contributed by atoms with Gasteiger partial charge in [0.2, 0.25) is 0 Å². The highest BCUT2D eigenvalue weighted by Gasteiger charge is 2.05. The van der Waals surface area contributed by atoms with Crippen molar-refractivity contribution < 1.29 is 8.42 Å². The van der Waals surface area contributed by atoms with Gasteiger partial charge in [-0.2, -0.15) is 0 Å². The van der Waals surface area contributed by atoms with Gasteiger partial charge in [0.25, 0.3) is 0 Å². The third-order valence-corrected chi connectivity index (χ3v) is 4.56. The van der Waals surface area contributed by atoms with E-state index in [-0.39, 0.29) is 5.75 Å². The quantitative estimate of drug-likeness (QED) is 0.741. The van der Waals surface area contributed by atoms with E-state index in [2.05, 4.69) is 22.8 Å². The van der Waals surface area contributed by atoms with E-state index in [4.69, 9.17) is 12.2 Å². The highest BCUT2D eigenvalue weighted by molar-refractivity contribution is 7.89. The van der Waals surface area contributed by atoms with Gasteiger partial charge in [0.15, 0.2) is 14.9 Å². The van der Waals surface area contributed by atoms with Crippen LogP contribution in [0.1, 0.15) is 16.7 Å². The van der Waals surface area contributed by atoms with Gasteiger partial charge in [-0.1, -0.05) is 54.6 Å². The molecule has 0 aromatic heterocycles. The largest absolute Gasteiger partial charge is 0.362 e. The molecule has 0 aliphatic carbocycles. The zero-order chi connectivity index (χ0) is 17.4. The molecule has 0 radical (unpaired) electrons. The normalized spacial score (nSPS) is 11.0. The Hall–Kier alpha value is -1.92. The van der Waals surface area contributed by atoms with Crippen LogP contribution in [-0.2, 0) is 28.6 Å². The maximum atomic E-state index is 11.4. The lowest BCUT2D eigenvalue weighted by Gasteiger charge is -2.11. The molecule has 0 fully saturated rings. The van der Waals surface area contributed by atoms with Crippen molar-refractivity contribution in [3.8, 4) is 0 Å². The van der Waals surface area contributed by atoms with Gasteiger partial charge in [-0.05, 0) is 35.3 Å². The Balaban J connectivity index is 1.76. The molecule has 0 spiro atoms. The van der Waals surface area contributed by atoms with Crippen molar-refractivity contribution in [2.75, 3.05) is 12.8 Å². The molecule has 0 aliphatic heterocycles. The van der Waals surface area contributed by atoms with E-state index in [0.29, 0.717) is 11.7 Å². The summed E-state index contributed by atoms with van der Waals surface area (Å²) in [7, 11) is -3.02. The molecule has 0 bridgehead atoms. The Morgan fingerprint density at radius 3 is 2.33 bits per heavy atom. The molecule has 2 aromatic carbocycles. The Kier molecular flexibility index (Phi) is 6.75. The molecule has 0 unspecified atom stereocenters. The van der Waals surface area contributed by atoms with Crippen LogP contribution in [0.3, 0.4) is 0 Å². The van der Waals surface area contributed by atoms with Gasteiger partial charge in [-0.15, -0.1) is 0 Å². The van der Waals surface area contributed by atoms with E-state index < -0.39 is 9.84 Å². The zero-order valence-corrected chi connectivity index (χ0v) is 15.3. The lowest BCUT2D eigenvalue weighted by Crippen LogP contribution is -2.35. The average molecular weight is 363 g/mol. The van der Waals surface area contributed by atoms with Crippen LogP contribution in [0, 0.1) is 0 Å². The van der Waals surface area contributed by atoms with E-state index in [1.807, 2.05) is 42.5 Å². The van der Waals surface area contributed by atoms with Crippen molar-refractivity contribution in [3.05, 3.63) is 71.3 Å². The van der Waals surface area contributed by atoms with Crippen molar-refractivity contribution in [2.24, 2.45) is 0 Å². The third-order valence-electron chi connectivity index (χ3n) is 3.42. The van der Waals surface area contributed by atoms with Crippen LogP contribution >= 0.6 is 12.2 Å². The Morgan fingerprint density at radius 2 is 1.62 bits per heavy atom. The van der Waals surface area contributed by atoms with Crippen LogP contribution in [0.4, 0.5) is 0 Å². The van der Waals surface area contributed by atoms with Crippen molar-refractivity contribution in [3.63, 3.8) is 0 Å². The number of thiocarbonyl (C=S) groups is 1. The van der Waals surface area contributed by atoms with Gasteiger partial charge in [-0.25, -0.2) is 8.42 Å². The SMILES string of the molecule is CS(=O)(=O)Cc1cccc(CNC(=S)NCCc2ccccc2)c1. The predicted molar refractivity (Wildman–Crippen MR) is 103 cm³/mol. The fourth-order valence-corrected chi connectivity index (χ4v) is 3.30. The smallest absolute Gasteiger partial charge is 0.166 e. The second-order valence-electron chi connectivity index (χ2n) is 5.74. The molecule has 24 heavy (non-hydrogen) atoms. The topological polar surface area (TPSA) is 58.2 Å². The summed E-state index contributed by atoms with van der Waals surface area (Å²) in [6.07, 6.45) is 2.15. The second kappa shape index (κ2) is 8.80. The molecular weight excluding hydrogens is 340 g/mol. The Morgan fingerprint density at radius 1 is 0.958 bits per heavy atom. The number of hydrogen-bond donors (Lipinski definition) is 2. The number of sulfone groups is 1. The Bertz CT molecular complexity index is 775. The molecule has 4 nitrogen and oxygen atoms in total. The lowest BCUT2D eigenvalue weighted by atomic mass is 10.1. The van der Waals surface area contributed by atoms with Gasteiger partial charge in [0.1, 0.15) is 0 Å². The fourth-order valence-electron chi connectivity index (χ4n) is 2.34. The number of benzene rings is 2. The predicted octanol–water partition coefficient (Wildman–Crippen LogP) is 2.44. The minimum absolute atomic E-state index is 0.0562. The molecule has 0 aliphatic rings. The minimum atomic E-state index is -3.02. The van der Waals surface area contributed by atoms with Crippen molar-refractivity contribution >= 4 is 27.2 Å². The van der Waals surface area contributed by atoms with Gasteiger partial charge in [-0.3, -0.25) is 0 Å². The summed E-state index contributed by atoms with van der Waals surface area (Å²) in [5, 5.41) is 6.92. The minimum Gasteiger partial charge on any atom is -0.362 e. The van der Waals surface area contributed by atoms with Crippen LogP contribution in [-0.4, -0.2) is 26.3 Å². The molecule has 2 N–H and O–H groups in total. The monoisotopic (exact) mass is 362 g/mol. The van der Waals surface area contributed by atoms with E-state index in [1.165, 1.54) is 11.8 Å². The summed E-state index contributed by atoms with van der Waals surface area (Å²) in [5.41, 5.74) is 3.06. The van der Waals surface area contributed by atoms with Crippen LogP contribution in [0.5, 0.6) is 0 Å². The first kappa shape index (κ1) is 18.4. The van der Waals surface area contributed by atoms with Gasteiger partial charge < -0.3 is 10.6 Å². The van der Waals surface area contributed by atoms with Gasteiger partial charge in [0.05, 0.1) is 5.75 Å². The molecule has 0 saturated heterocycles. The summed E-state index contributed by atoms with van der Waals surface area (Å²) < 4.78 is 22.7. The van der Waals surface area contributed by atoms with E-state index in [1.54, 1.807) is 0 Å². The highest BCUT2D eigenvalue weighted by Crippen LogP contribution is 2.08. The maximum Gasteiger partial charge on any atom is 0.166 e. The van der Waals surface area contributed by atoms with E-state index in [0.717, 1.165) is 24.1 Å². The van der Waals surface area contributed by atoms with Crippen molar-refractivity contribution in [1.82, 2.24) is 10.6 Å².